The van der Waals surface area contributed by atoms with Gasteiger partial charge in [0, 0.05) is 18.1 Å². The van der Waals surface area contributed by atoms with E-state index in [-0.39, 0.29) is 36.9 Å². The van der Waals surface area contributed by atoms with Crippen molar-refractivity contribution in [1.29, 1.82) is 0 Å². The lowest BCUT2D eigenvalue weighted by atomic mass is 10.0. The molecule has 4 atom stereocenters. The third-order valence-electron chi connectivity index (χ3n) is 4.83. The highest BCUT2D eigenvalue weighted by molar-refractivity contribution is 7.80. The average Bonchev–Trinajstić information content (AvgIpc) is 2.82. The molecule has 1 rings (SSSR count). The van der Waals surface area contributed by atoms with E-state index in [0.29, 0.717) is 6.42 Å². The number of hydrogen-bond donors (Lipinski definition) is 9. The van der Waals surface area contributed by atoms with Crippen molar-refractivity contribution in [3.63, 3.8) is 0 Å². The van der Waals surface area contributed by atoms with Crippen LogP contribution in [-0.2, 0) is 25.6 Å². The second-order valence-corrected chi connectivity index (χ2v) is 8.36. The Morgan fingerprint density at radius 1 is 0.886 bits per heavy atom. The summed E-state index contributed by atoms with van der Waals surface area (Å²) in [7, 11) is 0. The maximum atomic E-state index is 13.0. The van der Waals surface area contributed by atoms with Crippen LogP contribution in [-0.4, -0.2) is 77.0 Å². The first-order chi connectivity index (χ1) is 16.6. The molecular weight excluding hydrogens is 494 g/mol. The van der Waals surface area contributed by atoms with Crippen LogP contribution in [0.25, 0.3) is 0 Å². The number of aliphatic imine (C=N–C) groups is 1. The van der Waals surface area contributed by atoms with Crippen LogP contribution in [0.1, 0.15) is 18.4 Å². The summed E-state index contributed by atoms with van der Waals surface area (Å²) in [5, 5.41) is 16.5. The van der Waals surface area contributed by atoms with Gasteiger partial charge in [0.1, 0.15) is 18.1 Å². The minimum atomic E-state index is -1.27. The number of guanidine groups is 1. The zero-order valence-electron chi connectivity index (χ0n) is 19.1. The zero-order valence-corrected chi connectivity index (χ0v) is 20.9. The van der Waals surface area contributed by atoms with Gasteiger partial charge in [-0.15, -0.1) is 0 Å². The monoisotopic (exact) mass is 527 g/mol. The number of aliphatic carboxylic acids is 1. The van der Waals surface area contributed by atoms with E-state index in [1.807, 2.05) is 30.3 Å². The number of carboxylic acid groups (broad SMARTS) is 1. The number of nitrogens with one attached hydrogen (secondary N) is 3. The Kier molecular flexibility index (Phi) is 13.6. The summed E-state index contributed by atoms with van der Waals surface area (Å²) in [5.74, 6) is -3.60. The summed E-state index contributed by atoms with van der Waals surface area (Å²) in [6, 6.07) is 4.80. The number of benzene rings is 1. The Balaban J connectivity index is 2.88. The molecule has 0 aliphatic rings. The predicted octanol–water partition coefficient (Wildman–Crippen LogP) is -1.99. The van der Waals surface area contributed by atoms with Crippen molar-refractivity contribution >= 4 is 54.9 Å². The molecule has 0 saturated heterocycles. The van der Waals surface area contributed by atoms with Crippen LogP contribution in [0, 0.1) is 0 Å². The van der Waals surface area contributed by atoms with Crippen LogP contribution < -0.4 is 33.2 Å². The summed E-state index contributed by atoms with van der Waals surface area (Å²) in [4.78, 5) is 53.1. The second kappa shape index (κ2) is 15.8. The van der Waals surface area contributed by atoms with Crippen LogP contribution in [0.3, 0.4) is 0 Å². The van der Waals surface area contributed by atoms with Crippen molar-refractivity contribution in [3.8, 4) is 0 Å². The number of carboxylic acids is 1. The molecular formula is C21H33N7O5S2. The molecule has 0 radical (unpaired) electrons. The number of carbonyl (C=O) groups is 4. The summed E-state index contributed by atoms with van der Waals surface area (Å²) < 4.78 is 0. The first-order valence-electron chi connectivity index (χ1n) is 10.8. The van der Waals surface area contributed by atoms with Gasteiger partial charge in [-0.3, -0.25) is 19.4 Å². The lowest BCUT2D eigenvalue weighted by molar-refractivity contribution is -0.141. The third kappa shape index (κ3) is 11.3. The number of hydrogen-bond acceptors (Lipinski definition) is 8. The van der Waals surface area contributed by atoms with Crippen LogP contribution in [0.5, 0.6) is 0 Å². The largest absolute Gasteiger partial charge is 0.480 e. The fraction of sp³-hybridized carbons (Fsp3) is 0.476. The molecule has 1 aromatic carbocycles. The van der Waals surface area contributed by atoms with E-state index < -0.39 is 47.9 Å². The quantitative estimate of drug-likeness (QED) is 0.0537. The van der Waals surface area contributed by atoms with Crippen LogP contribution in [0.15, 0.2) is 35.3 Å². The standard InChI is InChI=1S/C21H33N7O5S2/c22-13(9-12-5-2-1-3-6-12)17(29)26-14(7-4-8-25-21(23)24)18(30)27-15(10-34)19(31)28-16(11-35)20(32)33/h1-3,5-6,13-16,34-35H,4,7-11,22H2,(H,26,29)(H,27,30)(H,28,31)(H,32,33)(H4,23,24,25). The lowest BCUT2D eigenvalue weighted by Crippen LogP contribution is -2.58. The Morgan fingerprint density at radius 2 is 1.43 bits per heavy atom. The summed E-state index contributed by atoms with van der Waals surface area (Å²) >= 11 is 7.97. The van der Waals surface area contributed by atoms with Gasteiger partial charge >= 0.3 is 5.97 Å². The molecule has 14 heteroatoms. The molecule has 0 spiro atoms. The highest BCUT2D eigenvalue weighted by Gasteiger charge is 2.29. The SMILES string of the molecule is NC(N)=NCCCC(NC(=O)C(N)Cc1ccccc1)C(=O)NC(CS)C(=O)NC(CS)C(=O)O. The van der Waals surface area contributed by atoms with Gasteiger partial charge in [-0.25, -0.2) is 4.79 Å². The van der Waals surface area contributed by atoms with Gasteiger partial charge in [0.05, 0.1) is 6.04 Å². The van der Waals surface area contributed by atoms with Crippen molar-refractivity contribution in [2.45, 2.75) is 43.4 Å². The van der Waals surface area contributed by atoms with Gasteiger partial charge in [0.25, 0.3) is 0 Å². The molecule has 35 heavy (non-hydrogen) atoms. The van der Waals surface area contributed by atoms with Gasteiger partial charge < -0.3 is 38.3 Å². The molecule has 3 amide bonds. The Labute approximate surface area is 214 Å². The molecule has 0 saturated carbocycles. The molecule has 10 N–H and O–H groups in total. The number of thiol groups is 2. The minimum absolute atomic E-state index is 0.107. The molecule has 0 aromatic heterocycles. The third-order valence-corrected chi connectivity index (χ3v) is 5.56. The lowest BCUT2D eigenvalue weighted by Gasteiger charge is -2.24. The van der Waals surface area contributed by atoms with E-state index in [2.05, 4.69) is 46.2 Å². The predicted molar refractivity (Wildman–Crippen MR) is 139 cm³/mol. The molecule has 4 unspecified atom stereocenters. The molecule has 0 aliphatic heterocycles. The van der Waals surface area contributed by atoms with Crippen molar-refractivity contribution in [2.24, 2.45) is 22.2 Å². The Bertz CT molecular complexity index is 884. The van der Waals surface area contributed by atoms with E-state index in [9.17, 15) is 19.2 Å². The number of carbonyl (C=O) groups excluding carboxylic acids is 3. The number of nitrogens with zero attached hydrogens (tertiary/aromatic N) is 1. The summed E-state index contributed by atoms with van der Waals surface area (Å²) in [6.07, 6.45) is 0.765. The Morgan fingerprint density at radius 3 is 1.97 bits per heavy atom. The van der Waals surface area contributed by atoms with Crippen LogP contribution >= 0.6 is 25.3 Å². The van der Waals surface area contributed by atoms with Crippen LogP contribution in [0.2, 0.25) is 0 Å². The molecule has 0 bridgehead atoms. The van der Waals surface area contributed by atoms with Gasteiger partial charge in [0.15, 0.2) is 5.96 Å². The number of amides is 3. The summed E-state index contributed by atoms with van der Waals surface area (Å²) in [6.45, 7) is 0.219. The van der Waals surface area contributed by atoms with E-state index in [0.717, 1.165) is 5.56 Å². The molecule has 12 nitrogen and oxygen atoms in total. The van der Waals surface area contributed by atoms with E-state index >= 15 is 0 Å². The minimum Gasteiger partial charge on any atom is -0.480 e. The first kappa shape index (κ1) is 30.1. The van der Waals surface area contributed by atoms with Crippen molar-refractivity contribution in [2.75, 3.05) is 18.1 Å². The smallest absolute Gasteiger partial charge is 0.327 e. The van der Waals surface area contributed by atoms with Crippen molar-refractivity contribution in [1.82, 2.24) is 16.0 Å². The molecule has 194 valence electrons. The van der Waals surface area contributed by atoms with Crippen LogP contribution in [0.4, 0.5) is 0 Å². The van der Waals surface area contributed by atoms with E-state index in [4.69, 9.17) is 22.3 Å². The maximum Gasteiger partial charge on any atom is 0.327 e. The first-order valence-corrected chi connectivity index (χ1v) is 12.1. The van der Waals surface area contributed by atoms with E-state index in [1.165, 1.54) is 0 Å². The van der Waals surface area contributed by atoms with Gasteiger partial charge in [-0.1, -0.05) is 30.3 Å². The van der Waals surface area contributed by atoms with Gasteiger partial charge in [-0.05, 0) is 24.8 Å². The molecule has 0 aliphatic carbocycles. The Hall–Kier alpha value is -2.97. The normalized spacial score (nSPS) is 14.0. The van der Waals surface area contributed by atoms with Crippen molar-refractivity contribution < 1.29 is 24.3 Å². The molecule has 0 heterocycles. The highest BCUT2D eigenvalue weighted by Crippen LogP contribution is 2.05. The fourth-order valence-corrected chi connectivity index (χ4v) is 3.44. The number of rotatable bonds is 15. The van der Waals surface area contributed by atoms with E-state index in [1.54, 1.807) is 0 Å². The fourth-order valence-electron chi connectivity index (χ4n) is 2.94. The molecule has 1 aromatic rings. The summed E-state index contributed by atoms with van der Waals surface area (Å²) in [5.41, 5.74) is 17.5. The van der Waals surface area contributed by atoms with Gasteiger partial charge in [-0.2, -0.15) is 25.3 Å². The highest BCUT2D eigenvalue weighted by atomic mass is 32.1. The maximum absolute atomic E-state index is 13.0. The van der Waals surface area contributed by atoms with Gasteiger partial charge in [0.2, 0.25) is 17.7 Å². The van der Waals surface area contributed by atoms with Crippen molar-refractivity contribution in [3.05, 3.63) is 35.9 Å². The average molecular weight is 528 g/mol. The topological polar surface area (TPSA) is 215 Å². The zero-order chi connectivity index (χ0) is 26.4. The molecule has 0 fully saturated rings. The number of nitrogens with two attached hydrogens (primary N) is 3. The second-order valence-electron chi connectivity index (χ2n) is 7.63.